The standard InChI is InChI=1S/C12H14N2O/c1-12(2,3)11-6-9(4-5-15-11)10(7-13)8-14/h6H,4-5H2,1-3H3. The van der Waals surface area contributed by atoms with E-state index in [0.29, 0.717) is 13.0 Å². The Labute approximate surface area is 90.3 Å². The van der Waals surface area contributed by atoms with Crippen LogP contribution in [0.4, 0.5) is 0 Å². The van der Waals surface area contributed by atoms with Gasteiger partial charge in [0.25, 0.3) is 0 Å². The molecule has 78 valence electrons. The van der Waals surface area contributed by atoms with Crippen LogP contribution in [0.2, 0.25) is 0 Å². The van der Waals surface area contributed by atoms with E-state index in [1.165, 1.54) is 0 Å². The lowest BCUT2D eigenvalue weighted by Crippen LogP contribution is -2.17. The molecule has 0 aromatic heterocycles. The van der Waals surface area contributed by atoms with E-state index in [-0.39, 0.29) is 11.0 Å². The molecule has 0 aromatic rings. The van der Waals surface area contributed by atoms with E-state index in [1.807, 2.05) is 39.0 Å². The van der Waals surface area contributed by atoms with Crippen LogP contribution in [0, 0.1) is 28.1 Å². The molecule has 0 atom stereocenters. The molecule has 0 N–H and O–H groups in total. The SMILES string of the molecule is CC(C)(C)C1=CC(=C(C#N)C#N)CCO1. The molecule has 0 amide bonds. The van der Waals surface area contributed by atoms with Gasteiger partial charge >= 0.3 is 0 Å². The minimum absolute atomic E-state index is 0.0817. The fraction of sp³-hybridized carbons (Fsp3) is 0.500. The summed E-state index contributed by atoms with van der Waals surface area (Å²) in [5, 5.41) is 17.5. The number of ether oxygens (including phenoxy) is 1. The molecule has 0 aliphatic carbocycles. The molecule has 1 rings (SSSR count). The van der Waals surface area contributed by atoms with Crippen molar-refractivity contribution in [3.63, 3.8) is 0 Å². The number of hydrogen-bond acceptors (Lipinski definition) is 3. The van der Waals surface area contributed by atoms with Gasteiger partial charge in [-0.3, -0.25) is 0 Å². The van der Waals surface area contributed by atoms with Gasteiger partial charge in [-0.25, -0.2) is 0 Å². The maximum Gasteiger partial charge on any atom is 0.133 e. The van der Waals surface area contributed by atoms with Crippen molar-refractivity contribution in [1.82, 2.24) is 0 Å². The maximum absolute atomic E-state index is 8.77. The second-order valence-corrected chi connectivity index (χ2v) is 4.48. The van der Waals surface area contributed by atoms with Crippen molar-refractivity contribution >= 4 is 0 Å². The van der Waals surface area contributed by atoms with Gasteiger partial charge in [-0.15, -0.1) is 0 Å². The Morgan fingerprint density at radius 1 is 1.33 bits per heavy atom. The number of hydrogen-bond donors (Lipinski definition) is 0. The third-order valence-corrected chi connectivity index (χ3v) is 2.22. The Morgan fingerprint density at radius 3 is 2.40 bits per heavy atom. The van der Waals surface area contributed by atoms with E-state index >= 15 is 0 Å². The van der Waals surface area contributed by atoms with E-state index in [1.54, 1.807) is 0 Å². The predicted molar refractivity (Wildman–Crippen MR) is 56.4 cm³/mol. The van der Waals surface area contributed by atoms with Gasteiger partial charge < -0.3 is 4.74 Å². The molecule has 15 heavy (non-hydrogen) atoms. The summed E-state index contributed by atoms with van der Waals surface area (Å²) in [4.78, 5) is 0. The minimum atomic E-state index is -0.0817. The normalized spacial score (nSPS) is 15.8. The van der Waals surface area contributed by atoms with E-state index in [2.05, 4.69) is 0 Å². The summed E-state index contributed by atoms with van der Waals surface area (Å²) in [5.41, 5.74) is 0.901. The largest absolute Gasteiger partial charge is 0.497 e. The van der Waals surface area contributed by atoms with Crippen molar-refractivity contribution in [1.29, 1.82) is 10.5 Å². The number of rotatable bonds is 0. The second-order valence-electron chi connectivity index (χ2n) is 4.48. The van der Waals surface area contributed by atoms with Gasteiger partial charge in [0, 0.05) is 11.8 Å². The zero-order valence-electron chi connectivity index (χ0n) is 9.29. The van der Waals surface area contributed by atoms with Crippen molar-refractivity contribution in [3.8, 4) is 12.1 Å². The first-order valence-corrected chi connectivity index (χ1v) is 4.87. The van der Waals surface area contributed by atoms with Crippen molar-refractivity contribution < 1.29 is 4.74 Å². The van der Waals surface area contributed by atoms with Gasteiger partial charge in [0.05, 0.1) is 6.61 Å². The van der Waals surface area contributed by atoms with Crippen LogP contribution in [0.5, 0.6) is 0 Å². The topological polar surface area (TPSA) is 56.8 Å². The van der Waals surface area contributed by atoms with Crippen LogP contribution in [-0.4, -0.2) is 6.61 Å². The van der Waals surface area contributed by atoms with Crippen molar-refractivity contribution in [2.75, 3.05) is 6.61 Å². The van der Waals surface area contributed by atoms with Gasteiger partial charge in [0.15, 0.2) is 0 Å². The average molecular weight is 202 g/mol. The van der Waals surface area contributed by atoms with Gasteiger partial charge in [0.2, 0.25) is 0 Å². The van der Waals surface area contributed by atoms with E-state index < -0.39 is 0 Å². The molecule has 0 fully saturated rings. The average Bonchev–Trinajstić information content (AvgIpc) is 2.19. The van der Waals surface area contributed by atoms with Gasteiger partial charge in [-0.05, 0) is 11.6 Å². The van der Waals surface area contributed by atoms with Gasteiger partial charge in [-0.1, -0.05) is 20.8 Å². The first-order chi connectivity index (χ1) is 6.99. The smallest absolute Gasteiger partial charge is 0.133 e. The zero-order valence-corrected chi connectivity index (χ0v) is 9.29. The molecule has 0 bridgehead atoms. The summed E-state index contributed by atoms with van der Waals surface area (Å²) in [7, 11) is 0. The zero-order chi connectivity index (χ0) is 11.5. The number of nitrogens with zero attached hydrogens (tertiary/aromatic N) is 2. The van der Waals surface area contributed by atoms with Crippen LogP contribution in [0.1, 0.15) is 27.2 Å². The predicted octanol–water partition coefficient (Wildman–Crippen LogP) is 2.68. The highest BCUT2D eigenvalue weighted by atomic mass is 16.5. The molecule has 0 spiro atoms. The highest BCUT2D eigenvalue weighted by molar-refractivity contribution is 5.46. The summed E-state index contributed by atoms with van der Waals surface area (Å²) >= 11 is 0. The molecule has 0 saturated carbocycles. The van der Waals surface area contributed by atoms with Gasteiger partial charge in [-0.2, -0.15) is 10.5 Å². The third-order valence-electron chi connectivity index (χ3n) is 2.22. The molecule has 3 nitrogen and oxygen atoms in total. The monoisotopic (exact) mass is 202 g/mol. The molecule has 1 heterocycles. The Balaban J connectivity index is 3.14. The molecule has 0 unspecified atom stereocenters. The van der Waals surface area contributed by atoms with Crippen LogP contribution in [0.25, 0.3) is 0 Å². The fourth-order valence-electron chi connectivity index (χ4n) is 1.34. The fourth-order valence-corrected chi connectivity index (χ4v) is 1.34. The Hall–Kier alpha value is -1.74. The molecule has 0 saturated heterocycles. The van der Waals surface area contributed by atoms with Crippen LogP contribution in [0.3, 0.4) is 0 Å². The molecule has 0 radical (unpaired) electrons. The third kappa shape index (κ3) is 2.60. The Kier molecular flexibility index (Phi) is 3.17. The molecule has 1 aliphatic rings. The van der Waals surface area contributed by atoms with E-state index in [4.69, 9.17) is 15.3 Å². The van der Waals surface area contributed by atoms with E-state index in [0.717, 1.165) is 11.3 Å². The van der Waals surface area contributed by atoms with Crippen LogP contribution in [0.15, 0.2) is 23.0 Å². The summed E-state index contributed by atoms with van der Waals surface area (Å²) in [6.07, 6.45) is 2.46. The van der Waals surface area contributed by atoms with Crippen molar-refractivity contribution in [2.24, 2.45) is 5.41 Å². The summed E-state index contributed by atoms with van der Waals surface area (Å²) in [5.74, 6) is 0.840. The van der Waals surface area contributed by atoms with E-state index in [9.17, 15) is 0 Å². The van der Waals surface area contributed by atoms with Crippen LogP contribution < -0.4 is 0 Å². The van der Waals surface area contributed by atoms with Crippen molar-refractivity contribution in [3.05, 3.63) is 23.0 Å². The van der Waals surface area contributed by atoms with Crippen LogP contribution >= 0.6 is 0 Å². The molecular weight excluding hydrogens is 188 g/mol. The molecule has 3 heteroatoms. The lowest BCUT2D eigenvalue weighted by molar-refractivity contribution is 0.146. The van der Waals surface area contributed by atoms with Crippen LogP contribution in [-0.2, 0) is 4.74 Å². The quantitative estimate of drug-likeness (QED) is 0.567. The lowest BCUT2D eigenvalue weighted by Gasteiger charge is -2.27. The maximum atomic E-state index is 8.77. The summed E-state index contributed by atoms with van der Waals surface area (Å²) in [6, 6.07) is 3.82. The highest BCUT2D eigenvalue weighted by Gasteiger charge is 2.23. The van der Waals surface area contributed by atoms with Gasteiger partial charge in [0.1, 0.15) is 23.5 Å². The summed E-state index contributed by atoms with van der Waals surface area (Å²) < 4.78 is 5.52. The second kappa shape index (κ2) is 4.19. The molecule has 1 aliphatic heterocycles. The number of nitriles is 2. The highest BCUT2D eigenvalue weighted by Crippen LogP contribution is 2.31. The lowest BCUT2D eigenvalue weighted by atomic mass is 9.90. The number of allylic oxidation sites excluding steroid dienone is 3. The first-order valence-electron chi connectivity index (χ1n) is 4.87. The Bertz CT molecular complexity index is 381. The molecule has 0 aromatic carbocycles. The van der Waals surface area contributed by atoms with Crippen molar-refractivity contribution in [2.45, 2.75) is 27.2 Å². The molecular formula is C12H14N2O. The Morgan fingerprint density at radius 2 is 1.93 bits per heavy atom. The minimum Gasteiger partial charge on any atom is -0.497 e. The first kappa shape index (κ1) is 11.3. The summed E-state index contributed by atoms with van der Waals surface area (Å²) in [6.45, 7) is 6.67.